The minimum atomic E-state index is -0.399. The van der Waals surface area contributed by atoms with Gasteiger partial charge in [0.1, 0.15) is 17.8 Å². The predicted molar refractivity (Wildman–Crippen MR) is 113 cm³/mol. The molecule has 1 spiro atoms. The van der Waals surface area contributed by atoms with Crippen LogP contribution in [0.25, 0.3) is 0 Å². The SMILES string of the molecule is COC(=O)[C@@H]1C[C@@H]2O[C@@]23[C@@H]2CC[C@@H]4C[C@H](OC(C)=O)CC[C@]4(C)[C@H]2[C@H](OC(C)=O)C[C@@]13C. The third kappa shape index (κ3) is 2.85. The van der Waals surface area contributed by atoms with Crippen molar-refractivity contribution >= 4 is 17.9 Å². The fourth-order valence-corrected chi connectivity index (χ4v) is 8.89. The van der Waals surface area contributed by atoms with E-state index in [0.29, 0.717) is 18.8 Å². The fraction of sp³-hybridized carbons (Fsp3) is 0.880. The van der Waals surface area contributed by atoms with Gasteiger partial charge in [-0.3, -0.25) is 14.4 Å². The summed E-state index contributed by atoms with van der Waals surface area (Å²) < 4.78 is 23.3. The minimum Gasteiger partial charge on any atom is -0.469 e. The smallest absolute Gasteiger partial charge is 0.309 e. The Morgan fingerprint density at radius 2 is 1.69 bits per heavy atom. The molecule has 4 saturated carbocycles. The van der Waals surface area contributed by atoms with Crippen LogP contribution in [0.3, 0.4) is 0 Å². The van der Waals surface area contributed by atoms with E-state index in [9.17, 15) is 14.4 Å². The largest absolute Gasteiger partial charge is 0.469 e. The molecule has 1 heterocycles. The molecule has 0 aromatic heterocycles. The Balaban J connectivity index is 1.50. The molecule has 0 amide bonds. The van der Waals surface area contributed by atoms with Gasteiger partial charge in [0.2, 0.25) is 0 Å². The molecule has 0 N–H and O–H groups in total. The van der Waals surface area contributed by atoms with Crippen molar-refractivity contribution in [3.8, 4) is 0 Å². The van der Waals surface area contributed by atoms with Gasteiger partial charge in [0.25, 0.3) is 0 Å². The van der Waals surface area contributed by atoms with Gasteiger partial charge in [0.15, 0.2) is 0 Å². The monoisotopic (exact) mass is 448 g/mol. The van der Waals surface area contributed by atoms with Crippen LogP contribution in [0.2, 0.25) is 0 Å². The van der Waals surface area contributed by atoms with Gasteiger partial charge in [0.05, 0.1) is 19.1 Å². The van der Waals surface area contributed by atoms with Crippen LogP contribution < -0.4 is 0 Å². The molecule has 0 unspecified atom stereocenters. The maximum atomic E-state index is 12.7. The summed E-state index contributed by atoms with van der Waals surface area (Å²) in [4.78, 5) is 36.4. The summed E-state index contributed by atoms with van der Waals surface area (Å²) in [6, 6.07) is 0. The Labute approximate surface area is 189 Å². The summed E-state index contributed by atoms with van der Waals surface area (Å²) in [7, 11) is 1.45. The number of rotatable bonds is 3. The number of esters is 3. The second-order valence-electron chi connectivity index (χ2n) is 11.4. The fourth-order valence-electron chi connectivity index (χ4n) is 8.89. The van der Waals surface area contributed by atoms with Crippen molar-refractivity contribution < 1.29 is 33.3 Å². The van der Waals surface area contributed by atoms with E-state index in [1.54, 1.807) is 0 Å². The zero-order chi connectivity index (χ0) is 23.1. The van der Waals surface area contributed by atoms with E-state index in [0.717, 1.165) is 32.1 Å². The van der Waals surface area contributed by atoms with Crippen molar-refractivity contribution in [1.29, 1.82) is 0 Å². The molecule has 10 atom stereocenters. The van der Waals surface area contributed by atoms with E-state index in [1.807, 2.05) is 0 Å². The molecule has 178 valence electrons. The molecule has 5 rings (SSSR count). The van der Waals surface area contributed by atoms with Crippen LogP contribution in [-0.2, 0) is 33.3 Å². The zero-order valence-corrected chi connectivity index (χ0v) is 19.8. The van der Waals surface area contributed by atoms with Crippen LogP contribution in [0.4, 0.5) is 0 Å². The first kappa shape index (κ1) is 22.2. The van der Waals surface area contributed by atoms with E-state index < -0.39 is 5.41 Å². The summed E-state index contributed by atoms with van der Waals surface area (Å²) in [5.74, 6) is -0.0507. The number of carbonyl (C=O) groups is 3. The van der Waals surface area contributed by atoms with Gasteiger partial charge in [-0.1, -0.05) is 13.8 Å². The van der Waals surface area contributed by atoms with E-state index in [1.165, 1.54) is 21.0 Å². The molecule has 32 heavy (non-hydrogen) atoms. The molecular formula is C25H36O7. The van der Waals surface area contributed by atoms with E-state index in [-0.39, 0.29) is 65.0 Å². The summed E-state index contributed by atoms with van der Waals surface area (Å²) in [6.45, 7) is 7.45. The predicted octanol–water partition coefficient (Wildman–Crippen LogP) is 3.42. The first-order chi connectivity index (χ1) is 15.1. The van der Waals surface area contributed by atoms with Gasteiger partial charge in [-0.05, 0) is 62.2 Å². The summed E-state index contributed by atoms with van der Waals surface area (Å²) >= 11 is 0. The van der Waals surface area contributed by atoms with Gasteiger partial charge in [-0.25, -0.2) is 0 Å². The van der Waals surface area contributed by atoms with Crippen LogP contribution in [0.1, 0.15) is 72.6 Å². The third-order valence-electron chi connectivity index (χ3n) is 10.1. The molecule has 7 heteroatoms. The van der Waals surface area contributed by atoms with Crippen LogP contribution >= 0.6 is 0 Å². The van der Waals surface area contributed by atoms with Gasteiger partial charge < -0.3 is 18.9 Å². The average molecular weight is 449 g/mol. The summed E-state index contributed by atoms with van der Waals surface area (Å²) in [5.41, 5.74) is -0.742. The van der Waals surface area contributed by atoms with Crippen molar-refractivity contribution in [3.05, 3.63) is 0 Å². The second-order valence-corrected chi connectivity index (χ2v) is 11.4. The number of fused-ring (bicyclic) bond motifs is 3. The molecule has 5 fully saturated rings. The number of hydrogen-bond donors (Lipinski definition) is 0. The molecule has 1 aliphatic heterocycles. The molecule has 1 saturated heterocycles. The topological polar surface area (TPSA) is 91.4 Å². The highest BCUT2D eigenvalue weighted by atomic mass is 16.6. The van der Waals surface area contributed by atoms with Gasteiger partial charge in [0, 0.05) is 25.2 Å². The first-order valence-electron chi connectivity index (χ1n) is 12.2. The lowest BCUT2D eigenvalue weighted by atomic mass is 9.43. The van der Waals surface area contributed by atoms with Crippen LogP contribution in [0, 0.1) is 34.5 Å². The molecule has 0 aromatic rings. The van der Waals surface area contributed by atoms with E-state index in [4.69, 9.17) is 18.9 Å². The third-order valence-corrected chi connectivity index (χ3v) is 10.1. The maximum Gasteiger partial charge on any atom is 0.309 e. The molecule has 4 aliphatic carbocycles. The average Bonchev–Trinajstić information content (AvgIpc) is 3.38. The van der Waals surface area contributed by atoms with Gasteiger partial charge in [-0.2, -0.15) is 0 Å². The van der Waals surface area contributed by atoms with Crippen LogP contribution in [0.5, 0.6) is 0 Å². The summed E-state index contributed by atoms with van der Waals surface area (Å²) in [5, 5.41) is 0. The van der Waals surface area contributed by atoms with Crippen molar-refractivity contribution in [3.63, 3.8) is 0 Å². The first-order valence-corrected chi connectivity index (χ1v) is 12.2. The van der Waals surface area contributed by atoms with Gasteiger partial charge >= 0.3 is 17.9 Å². The zero-order valence-electron chi connectivity index (χ0n) is 19.8. The second kappa shape index (κ2) is 7.18. The van der Waals surface area contributed by atoms with Crippen LogP contribution in [0.15, 0.2) is 0 Å². The Morgan fingerprint density at radius 1 is 0.969 bits per heavy atom. The van der Waals surface area contributed by atoms with Crippen molar-refractivity contribution in [2.24, 2.45) is 34.5 Å². The molecule has 5 aliphatic rings. The normalized spacial score (nSPS) is 50.7. The number of carbonyl (C=O) groups excluding carboxylic acids is 3. The Morgan fingerprint density at radius 3 is 2.34 bits per heavy atom. The lowest BCUT2D eigenvalue weighted by Crippen LogP contribution is -2.64. The highest BCUT2D eigenvalue weighted by Gasteiger charge is 2.83. The molecular weight excluding hydrogens is 412 g/mol. The number of ether oxygens (including phenoxy) is 4. The minimum absolute atomic E-state index is 0.0182. The van der Waals surface area contributed by atoms with E-state index >= 15 is 0 Å². The lowest BCUT2D eigenvalue weighted by molar-refractivity contribution is -0.211. The number of hydrogen-bond acceptors (Lipinski definition) is 7. The Hall–Kier alpha value is -1.63. The standard InChI is InChI=1S/C25H36O7/c1-13(26)30-16-8-9-23(3)15(10-16)6-7-17-21(23)19(31-14(2)27)12-24(4)18(22(28)29-5)11-20-25(17,24)32-20/h15-21H,6-12H2,1-5H3/t15-,16-,17-,18+,19-,20+,21-,23+,24+,25+/m1/s1. The Kier molecular flexibility index (Phi) is 4.98. The highest BCUT2D eigenvalue weighted by molar-refractivity contribution is 5.75. The van der Waals surface area contributed by atoms with Crippen molar-refractivity contribution in [2.45, 2.75) is 96.6 Å². The van der Waals surface area contributed by atoms with Crippen LogP contribution in [-0.4, -0.2) is 48.9 Å². The van der Waals surface area contributed by atoms with E-state index in [2.05, 4.69) is 13.8 Å². The van der Waals surface area contributed by atoms with Crippen molar-refractivity contribution in [2.75, 3.05) is 7.11 Å². The quantitative estimate of drug-likeness (QED) is 0.371. The number of methoxy groups -OCH3 is 1. The lowest BCUT2D eigenvalue weighted by Gasteiger charge is -2.62. The molecule has 7 nitrogen and oxygen atoms in total. The highest BCUT2D eigenvalue weighted by Crippen LogP contribution is 2.76. The van der Waals surface area contributed by atoms with Gasteiger partial charge in [-0.15, -0.1) is 0 Å². The van der Waals surface area contributed by atoms with Crippen molar-refractivity contribution in [1.82, 2.24) is 0 Å². The Bertz CT molecular complexity index is 840. The molecule has 0 aromatic carbocycles. The number of epoxide rings is 1. The summed E-state index contributed by atoms with van der Waals surface area (Å²) in [6.07, 6.45) is 5.78. The molecule has 0 bridgehead atoms. The maximum absolute atomic E-state index is 12.7. The molecule has 0 radical (unpaired) electrons.